The van der Waals surface area contributed by atoms with Gasteiger partial charge in [-0.15, -0.1) is 0 Å². The van der Waals surface area contributed by atoms with Crippen LogP contribution in [0.5, 0.6) is 0 Å². The van der Waals surface area contributed by atoms with Gasteiger partial charge in [-0.05, 0) is 29.3 Å². The summed E-state index contributed by atoms with van der Waals surface area (Å²) in [7, 11) is 0. The summed E-state index contributed by atoms with van der Waals surface area (Å²) >= 11 is 0. The molecular formula is C17H9F2N3. The highest BCUT2D eigenvalue weighted by Crippen LogP contribution is 2.48. The summed E-state index contributed by atoms with van der Waals surface area (Å²) in [5, 5.41) is 27.3. The number of fused-ring (bicyclic) bond motifs is 1. The minimum Gasteiger partial charge on any atom is -0.303 e. The van der Waals surface area contributed by atoms with E-state index in [-0.39, 0.29) is 16.8 Å². The Bertz CT molecular complexity index is 859. The fraction of sp³-hybridized carbons (Fsp3) is 0.118. The lowest BCUT2D eigenvalue weighted by Gasteiger charge is -2.25. The second-order valence-electron chi connectivity index (χ2n) is 5.06. The molecule has 0 aromatic heterocycles. The lowest BCUT2D eigenvalue weighted by atomic mass is 9.71. The van der Waals surface area contributed by atoms with Crippen molar-refractivity contribution in [2.45, 2.75) is 5.41 Å². The third-order valence-electron chi connectivity index (χ3n) is 4.03. The molecule has 0 fully saturated rings. The third-order valence-corrected chi connectivity index (χ3v) is 4.03. The number of benzene rings is 2. The number of hydrogen-bond acceptors (Lipinski definition) is 3. The Labute approximate surface area is 125 Å². The zero-order chi connectivity index (χ0) is 15.9. The van der Waals surface area contributed by atoms with Gasteiger partial charge in [0.25, 0.3) is 0 Å². The largest absolute Gasteiger partial charge is 0.303 e. The summed E-state index contributed by atoms with van der Waals surface area (Å²) < 4.78 is 27.3. The molecule has 0 heterocycles. The number of halogens is 2. The van der Waals surface area contributed by atoms with E-state index in [9.17, 15) is 19.3 Å². The van der Waals surface area contributed by atoms with E-state index in [0.717, 1.165) is 0 Å². The first-order valence-corrected chi connectivity index (χ1v) is 6.51. The lowest BCUT2D eigenvalue weighted by Crippen LogP contribution is -2.32. The van der Waals surface area contributed by atoms with Crippen LogP contribution >= 0.6 is 0 Å². The molecule has 2 atom stereocenters. The number of nitriles is 2. The van der Waals surface area contributed by atoms with Crippen molar-refractivity contribution in [1.29, 1.82) is 15.9 Å². The van der Waals surface area contributed by atoms with Gasteiger partial charge in [-0.2, -0.15) is 10.5 Å². The van der Waals surface area contributed by atoms with Gasteiger partial charge >= 0.3 is 0 Å². The smallest absolute Gasteiger partial charge is 0.132 e. The van der Waals surface area contributed by atoms with Gasteiger partial charge in [0.2, 0.25) is 0 Å². The van der Waals surface area contributed by atoms with Crippen molar-refractivity contribution in [2.24, 2.45) is 5.92 Å². The molecule has 2 aromatic carbocycles. The first-order valence-electron chi connectivity index (χ1n) is 6.51. The fourth-order valence-corrected chi connectivity index (χ4v) is 3.03. The SMILES string of the molecule is N#CC1C(=N)c2c(F)cccc2[C@@]1(C#N)c1ccc(F)cc1. The van der Waals surface area contributed by atoms with E-state index in [1.54, 1.807) is 0 Å². The zero-order valence-electron chi connectivity index (χ0n) is 11.3. The Kier molecular flexibility index (Phi) is 3.00. The number of hydrogen-bond donors (Lipinski definition) is 1. The molecule has 22 heavy (non-hydrogen) atoms. The molecule has 0 aliphatic heterocycles. The highest BCUT2D eigenvalue weighted by molar-refractivity contribution is 6.09. The van der Waals surface area contributed by atoms with Crippen LogP contribution in [0.2, 0.25) is 0 Å². The van der Waals surface area contributed by atoms with Crippen molar-refractivity contribution in [3.8, 4) is 12.1 Å². The molecule has 1 unspecified atom stereocenters. The Balaban J connectivity index is 2.39. The van der Waals surface area contributed by atoms with E-state index in [1.165, 1.54) is 42.5 Å². The van der Waals surface area contributed by atoms with Crippen molar-refractivity contribution in [2.75, 3.05) is 0 Å². The molecule has 106 valence electrons. The molecule has 3 nitrogen and oxygen atoms in total. The molecule has 3 rings (SSSR count). The minimum absolute atomic E-state index is 0.0140. The number of nitrogens with zero attached hydrogens (tertiary/aromatic N) is 2. The van der Waals surface area contributed by atoms with Crippen molar-refractivity contribution in [3.63, 3.8) is 0 Å². The quantitative estimate of drug-likeness (QED) is 0.876. The van der Waals surface area contributed by atoms with Gasteiger partial charge in [-0.25, -0.2) is 8.78 Å². The molecule has 0 amide bonds. The van der Waals surface area contributed by atoms with Gasteiger partial charge < -0.3 is 5.41 Å². The maximum absolute atomic E-state index is 14.1. The van der Waals surface area contributed by atoms with Gasteiger partial charge in [0.05, 0.1) is 17.9 Å². The minimum atomic E-state index is -1.50. The van der Waals surface area contributed by atoms with Crippen LogP contribution in [0.15, 0.2) is 42.5 Å². The summed E-state index contributed by atoms with van der Waals surface area (Å²) in [6, 6.07) is 13.4. The van der Waals surface area contributed by atoms with Crippen LogP contribution in [0.25, 0.3) is 0 Å². The molecule has 2 aromatic rings. The van der Waals surface area contributed by atoms with Gasteiger partial charge in [0.1, 0.15) is 23.0 Å². The van der Waals surface area contributed by atoms with Crippen LogP contribution in [0.4, 0.5) is 8.78 Å². The maximum Gasteiger partial charge on any atom is 0.132 e. The summed E-state index contributed by atoms with van der Waals surface area (Å²) in [4.78, 5) is 0. The summed E-state index contributed by atoms with van der Waals surface area (Å²) in [5.41, 5.74) is -1.09. The molecule has 1 N–H and O–H groups in total. The monoisotopic (exact) mass is 293 g/mol. The molecule has 5 heteroatoms. The van der Waals surface area contributed by atoms with E-state index < -0.39 is 23.0 Å². The molecule has 1 aliphatic carbocycles. The van der Waals surface area contributed by atoms with Crippen LogP contribution in [0, 0.1) is 45.6 Å². The van der Waals surface area contributed by atoms with Gasteiger partial charge in [0.15, 0.2) is 0 Å². The first-order chi connectivity index (χ1) is 10.6. The van der Waals surface area contributed by atoms with E-state index in [4.69, 9.17) is 5.41 Å². The maximum atomic E-state index is 14.1. The van der Waals surface area contributed by atoms with Crippen molar-refractivity contribution in [3.05, 3.63) is 70.8 Å². The Morgan fingerprint density at radius 1 is 1.05 bits per heavy atom. The molecule has 0 bridgehead atoms. The van der Waals surface area contributed by atoms with Crippen molar-refractivity contribution in [1.82, 2.24) is 0 Å². The first kappa shape index (κ1) is 13.9. The summed E-state index contributed by atoms with van der Waals surface area (Å²) in [5.74, 6) is -2.25. The molecular weight excluding hydrogens is 284 g/mol. The van der Waals surface area contributed by atoms with Crippen molar-refractivity contribution >= 4 is 5.71 Å². The van der Waals surface area contributed by atoms with Crippen LogP contribution in [-0.4, -0.2) is 5.71 Å². The van der Waals surface area contributed by atoms with E-state index >= 15 is 0 Å². The van der Waals surface area contributed by atoms with Gasteiger partial charge in [-0.3, -0.25) is 0 Å². The highest BCUT2D eigenvalue weighted by atomic mass is 19.1. The fourth-order valence-electron chi connectivity index (χ4n) is 3.03. The average Bonchev–Trinajstić information content (AvgIpc) is 2.78. The standard InChI is InChI=1S/C17H9F2N3/c18-11-6-4-10(5-7-11)17(9-21)12-2-1-3-14(19)15(12)16(22)13(17)8-20/h1-7,13,22H/t13?,17-/m1/s1. The Morgan fingerprint density at radius 2 is 1.73 bits per heavy atom. The predicted octanol–water partition coefficient (Wildman–Crippen LogP) is 3.30. The molecule has 1 aliphatic rings. The van der Waals surface area contributed by atoms with Crippen molar-refractivity contribution < 1.29 is 8.78 Å². The van der Waals surface area contributed by atoms with E-state index in [1.807, 2.05) is 6.07 Å². The highest BCUT2D eigenvalue weighted by Gasteiger charge is 2.53. The van der Waals surface area contributed by atoms with E-state index in [0.29, 0.717) is 5.56 Å². The normalized spacial score (nSPS) is 22.7. The van der Waals surface area contributed by atoms with Crippen LogP contribution in [0.3, 0.4) is 0 Å². The van der Waals surface area contributed by atoms with Crippen LogP contribution in [0.1, 0.15) is 16.7 Å². The zero-order valence-corrected chi connectivity index (χ0v) is 11.3. The third kappa shape index (κ3) is 1.60. The topological polar surface area (TPSA) is 71.4 Å². The van der Waals surface area contributed by atoms with Gasteiger partial charge in [0, 0.05) is 5.56 Å². The number of nitrogens with one attached hydrogen (secondary N) is 1. The van der Waals surface area contributed by atoms with Gasteiger partial charge in [-0.1, -0.05) is 24.3 Å². The molecule has 0 saturated carbocycles. The molecule has 0 spiro atoms. The van der Waals surface area contributed by atoms with Crippen LogP contribution in [-0.2, 0) is 5.41 Å². The Morgan fingerprint density at radius 3 is 2.32 bits per heavy atom. The predicted molar refractivity (Wildman–Crippen MR) is 75.1 cm³/mol. The molecule has 0 saturated heterocycles. The summed E-state index contributed by atoms with van der Waals surface area (Å²) in [6.07, 6.45) is 0. The lowest BCUT2D eigenvalue weighted by molar-refractivity contribution is 0.598. The number of rotatable bonds is 1. The molecule has 0 radical (unpaired) electrons. The summed E-state index contributed by atoms with van der Waals surface area (Å²) in [6.45, 7) is 0. The Hall–Kier alpha value is -3.05. The van der Waals surface area contributed by atoms with Crippen LogP contribution < -0.4 is 0 Å². The average molecular weight is 293 g/mol. The second-order valence-corrected chi connectivity index (χ2v) is 5.06. The second kappa shape index (κ2) is 4.75. The van der Waals surface area contributed by atoms with E-state index in [2.05, 4.69) is 6.07 Å².